The first-order valence-corrected chi connectivity index (χ1v) is 6.37. The molecule has 4 nitrogen and oxygen atoms in total. The molecule has 1 atom stereocenters. The molecule has 94 valence electrons. The highest BCUT2D eigenvalue weighted by atomic mass is 16.3. The van der Waals surface area contributed by atoms with E-state index in [4.69, 9.17) is 5.73 Å². The van der Waals surface area contributed by atoms with Crippen molar-refractivity contribution in [1.29, 1.82) is 0 Å². The van der Waals surface area contributed by atoms with Crippen molar-refractivity contribution in [2.75, 3.05) is 0 Å². The Morgan fingerprint density at radius 2 is 2.06 bits per heavy atom. The number of carbonyl (C=O) groups excluding carboxylic acids is 1. The molecule has 1 fully saturated rings. The number of rotatable bonds is 5. The lowest BCUT2D eigenvalue weighted by atomic mass is 9.93. The van der Waals surface area contributed by atoms with Crippen molar-refractivity contribution in [3.63, 3.8) is 0 Å². The van der Waals surface area contributed by atoms with Gasteiger partial charge in [0.15, 0.2) is 0 Å². The van der Waals surface area contributed by atoms with Crippen molar-refractivity contribution in [3.8, 4) is 0 Å². The second kappa shape index (κ2) is 6.86. The highest BCUT2D eigenvalue weighted by Crippen LogP contribution is 2.18. The Bertz CT molecular complexity index is 213. The number of hydrogen-bond donors (Lipinski definition) is 3. The molecular weight excluding hydrogens is 204 g/mol. The third-order valence-corrected chi connectivity index (χ3v) is 3.25. The van der Waals surface area contributed by atoms with Crippen LogP contribution < -0.4 is 11.1 Å². The van der Waals surface area contributed by atoms with Gasteiger partial charge >= 0.3 is 0 Å². The van der Waals surface area contributed by atoms with E-state index in [1.54, 1.807) is 0 Å². The maximum atomic E-state index is 11.7. The molecule has 1 rings (SSSR count). The molecule has 4 heteroatoms. The number of carbonyl (C=O) groups is 1. The quantitative estimate of drug-likeness (QED) is 0.655. The number of hydrogen-bond acceptors (Lipinski definition) is 3. The van der Waals surface area contributed by atoms with E-state index in [1.807, 2.05) is 0 Å². The lowest BCUT2D eigenvalue weighted by Gasteiger charge is -2.27. The Morgan fingerprint density at radius 1 is 1.44 bits per heavy atom. The number of unbranched alkanes of at least 4 members (excludes halogenated alkanes) is 1. The van der Waals surface area contributed by atoms with Gasteiger partial charge in [-0.3, -0.25) is 4.79 Å². The largest absolute Gasteiger partial charge is 0.393 e. The fraction of sp³-hybridized carbons (Fsp3) is 0.917. The van der Waals surface area contributed by atoms with Gasteiger partial charge in [-0.15, -0.1) is 0 Å². The Morgan fingerprint density at radius 3 is 2.62 bits per heavy atom. The molecule has 0 aromatic heterocycles. The third kappa shape index (κ3) is 4.49. The van der Waals surface area contributed by atoms with E-state index in [-0.39, 0.29) is 24.1 Å². The summed E-state index contributed by atoms with van der Waals surface area (Å²) in [4.78, 5) is 11.7. The van der Waals surface area contributed by atoms with Gasteiger partial charge in [0.2, 0.25) is 5.91 Å². The minimum absolute atomic E-state index is 0.0326. The van der Waals surface area contributed by atoms with Crippen molar-refractivity contribution >= 4 is 5.91 Å². The lowest BCUT2D eigenvalue weighted by molar-refractivity contribution is -0.123. The van der Waals surface area contributed by atoms with Gasteiger partial charge in [-0.1, -0.05) is 19.8 Å². The molecule has 0 bridgehead atoms. The summed E-state index contributed by atoms with van der Waals surface area (Å²) in [5.41, 5.74) is 5.79. The van der Waals surface area contributed by atoms with Crippen molar-refractivity contribution in [2.45, 2.75) is 70.1 Å². The van der Waals surface area contributed by atoms with Crippen LogP contribution in [-0.2, 0) is 4.79 Å². The van der Waals surface area contributed by atoms with E-state index in [0.29, 0.717) is 0 Å². The van der Waals surface area contributed by atoms with Gasteiger partial charge in [0.05, 0.1) is 12.1 Å². The molecule has 1 aliphatic carbocycles. The Hall–Kier alpha value is -0.610. The van der Waals surface area contributed by atoms with E-state index >= 15 is 0 Å². The molecule has 0 saturated heterocycles. The average molecular weight is 228 g/mol. The Labute approximate surface area is 97.6 Å². The summed E-state index contributed by atoms with van der Waals surface area (Å²) in [5.74, 6) is -0.0326. The molecule has 0 aromatic carbocycles. The number of amides is 1. The molecule has 1 amide bonds. The van der Waals surface area contributed by atoms with Crippen LogP contribution in [-0.4, -0.2) is 29.2 Å². The lowest BCUT2D eigenvalue weighted by Crippen LogP contribution is -2.46. The number of aliphatic hydroxyl groups is 1. The van der Waals surface area contributed by atoms with E-state index < -0.39 is 0 Å². The molecule has 16 heavy (non-hydrogen) atoms. The SMILES string of the molecule is CCCCC(N)C(=O)NC1CCC(O)CC1. The van der Waals surface area contributed by atoms with Gasteiger partial charge in [-0.2, -0.15) is 0 Å². The minimum atomic E-state index is -0.369. The second-order valence-electron chi connectivity index (χ2n) is 4.76. The fourth-order valence-electron chi connectivity index (χ4n) is 2.08. The van der Waals surface area contributed by atoms with E-state index in [0.717, 1.165) is 44.9 Å². The smallest absolute Gasteiger partial charge is 0.237 e. The standard InChI is InChI=1S/C12H24N2O2/c1-2-3-4-11(13)12(16)14-9-5-7-10(15)8-6-9/h9-11,15H,2-8,13H2,1H3,(H,14,16). The number of aliphatic hydroxyl groups excluding tert-OH is 1. The van der Waals surface area contributed by atoms with E-state index in [1.165, 1.54) is 0 Å². The van der Waals surface area contributed by atoms with Crippen molar-refractivity contribution < 1.29 is 9.90 Å². The van der Waals surface area contributed by atoms with Gasteiger partial charge in [0.25, 0.3) is 0 Å². The molecule has 1 aliphatic rings. The third-order valence-electron chi connectivity index (χ3n) is 3.25. The average Bonchev–Trinajstić information content (AvgIpc) is 2.29. The highest BCUT2D eigenvalue weighted by molar-refractivity contribution is 5.81. The highest BCUT2D eigenvalue weighted by Gasteiger charge is 2.22. The molecule has 0 aromatic rings. The summed E-state index contributed by atoms with van der Waals surface area (Å²) in [6.45, 7) is 2.09. The van der Waals surface area contributed by atoms with Crippen LogP contribution in [0.1, 0.15) is 51.9 Å². The van der Waals surface area contributed by atoms with Crippen LogP contribution in [0.25, 0.3) is 0 Å². The fourth-order valence-corrected chi connectivity index (χ4v) is 2.08. The summed E-state index contributed by atoms with van der Waals surface area (Å²) < 4.78 is 0. The molecule has 1 saturated carbocycles. The first kappa shape index (κ1) is 13.5. The molecule has 0 heterocycles. The molecule has 0 aliphatic heterocycles. The zero-order valence-electron chi connectivity index (χ0n) is 10.1. The molecular formula is C12H24N2O2. The van der Waals surface area contributed by atoms with Gasteiger partial charge in [-0.05, 0) is 32.1 Å². The maximum Gasteiger partial charge on any atom is 0.237 e. The molecule has 0 spiro atoms. The monoisotopic (exact) mass is 228 g/mol. The van der Waals surface area contributed by atoms with Crippen LogP contribution in [0, 0.1) is 0 Å². The maximum absolute atomic E-state index is 11.7. The summed E-state index contributed by atoms with van der Waals surface area (Å²) in [7, 11) is 0. The minimum Gasteiger partial charge on any atom is -0.393 e. The van der Waals surface area contributed by atoms with Gasteiger partial charge in [0.1, 0.15) is 0 Å². The van der Waals surface area contributed by atoms with E-state index in [2.05, 4.69) is 12.2 Å². The molecule has 1 unspecified atom stereocenters. The number of nitrogens with one attached hydrogen (secondary N) is 1. The summed E-state index contributed by atoms with van der Waals surface area (Å²) >= 11 is 0. The zero-order chi connectivity index (χ0) is 12.0. The van der Waals surface area contributed by atoms with Crippen LogP contribution in [0.2, 0.25) is 0 Å². The van der Waals surface area contributed by atoms with Gasteiger partial charge in [-0.25, -0.2) is 0 Å². The topological polar surface area (TPSA) is 75.4 Å². The summed E-state index contributed by atoms with van der Waals surface area (Å²) in [6.07, 6.45) is 5.96. The van der Waals surface area contributed by atoms with Gasteiger partial charge in [0, 0.05) is 6.04 Å². The Balaban J connectivity index is 2.22. The number of nitrogens with two attached hydrogens (primary N) is 1. The first-order chi connectivity index (χ1) is 7.63. The van der Waals surface area contributed by atoms with Crippen LogP contribution >= 0.6 is 0 Å². The molecule has 4 N–H and O–H groups in total. The van der Waals surface area contributed by atoms with Crippen molar-refractivity contribution in [3.05, 3.63) is 0 Å². The van der Waals surface area contributed by atoms with Crippen molar-refractivity contribution in [1.82, 2.24) is 5.32 Å². The van der Waals surface area contributed by atoms with Crippen LogP contribution in [0.3, 0.4) is 0 Å². The first-order valence-electron chi connectivity index (χ1n) is 6.37. The Kier molecular flexibility index (Phi) is 5.77. The van der Waals surface area contributed by atoms with Crippen LogP contribution in [0.5, 0.6) is 0 Å². The van der Waals surface area contributed by atoms with Crippen LogP contribution in [0.15, 0.2) is 0 Å². The molecule has 0 radical (unpaired) electrons. The predicted molar refractivity (Wildman–Crippen MR) is 63.9 cm³/mol. The second-order valence-corrected chi connectivity index (χ2v) is 4.76. The zero-order valence-corrected chi connectivity index (χ0v) is 10.1. The normalized spacial score (nSPS) is 27.4. The van der Waals surface area contributed by atoms with Crippen molar-refractivity contribution in [2.24, 2.45) is 5.73 Å². The summed E-state index contributed by atoms with van der Waals surface area (Å²) in [6, 6.07) is -0.157. The van der Waals surface area contributed by atoms with Crippen LogP contribution in [0.4, 0.5) is 0 Å². The van der Waals surface area contributed by atoms with Gasteiger partial charge < -0.3 is 16.2 Å². The predicted octanol–water partition coefficient (Wildman–Crippen LogP) is 0.924. The summed E-state index contributed by atoms with van der Waals surface area (Å²) in [5, 5.41) is 12.3. The van der Waals surface area contributed by atoms with E-state index in [9.17, 15) is 9.90 Å².